The van der Waals surface area contributed by atoms with Gasteiger partial charge in [0.05, 0.1) is 18.8 Å². The molecule has 0 aliphatic carbocycles. The van der Waals surface area contributed by atoms with Crippen LogP contribution in [0.25, 0.3) is 0 Å². The van der Waals surface area contributed by atoms with Gasteiger partial charge in [-0.2, -0.15) is 0 Å². The van der Waals surface area contributed by atoms with Crippen molar-refractivity contribution in [2.45, 2.75) is 64.5 Å². The van der Waals surface area contributed by atoms with E-state index in [1.165, 1.54) is 0 Å². The van der Waals surface area contributed by atoms with E-state index in [-0.39, 0.29) is 18.9 Å². The lowest BCUT2D eigenvalue weighted by molar-refractivity contribution is -0.122. The van der Waals surface area contributed by atoms with Gasteiger partial charge in [0.25, 0.3) is 0 Å². The van der Waals surface area contributed by atoms with Crippen LogP contribution < -0.4 is 5.32 Å². The van der Waals surface area contributed by atoms with Crippen LogP contribution in [0, 0.1) is 0 Å². The van der Waals surface area contributed by atoms with Crippen LogP contribution in [0.4, 0.5) is 0 Å². The van der Waals surface area contributed by atoms with E-state index in [2.05, 4.69) is 37.4 Å². The first-order valence-electron chi connectivity index (χ1n) is 11.5. The minimum Gasteiger partial charge on any atom is -0.394 e. The molecule has 32 heavy (non-hydrogen) atoms. The second-order valence-electron chi connectivity index (χ2n) is 7.12. The maximum Gasteiger partial charge on any atom is 0.224 e. The van der Waals surface area contributed by atoms with Crippen molar-refractivity contribution in [3.63, 3.8) is 0 Å². The number of amides is 1. The van der Waals surface area contributed by atoms with Crippen molar-refractivity contribution in [2.75, 3.05) is 6.61 Å². The summed E-state index contributed by atoms with van der Waals surface area (Å²) >= 11 is 0. The molecule has 0 saturated carbocycles. The second-order valence-corrected chi connectivity index (χ2v) is 7.12. The van der Waals surface area contributed by atoms with Crippen molar-refractivity contribution in [3.05, 3.63) is 97.2 Å². The van der Waals surface area contributed by atoms with Crippen molar-refractivity contribution in [3.8, 4) is 0 Å². The number of unbranched alkanes of at least 4 members (excludes halogenated alkanes) is 2. The molecule has 0 saturated heterocycles. The lowest BCUT2D eigenvalue weighted by Crippen LogP contribution is -2.44. The second kappa shape index (κ2) is 23.0. The highest BCUT2D eigenvalue weighted by Gasteiger charge is 2.17. The fourth-order valence-electron chi connectivity index (χ4n) is 2.46. The molecular formula is C28H41NO3. The number of hydrogen-bond donors (Lipinski definition) is 3. The number of carbonyl (C=O) groups is 1. The van der Waals surface area contributed by atoms with E-state index < -0.39 is 12.1 Å². The van der Waals surface area contributed by atoms with E-state index in [4.69, 9.17) is 0 Å². The van der Waals surface area contributed by atoms with Crippen LogP contribution in [0.3, 0.4) is 0 Å². The summed E-state index contributed by atoms with van der Waals surface area (Å²) in [5, 5.41) is 22.2. The number of allylic oxidation sites excluding steroid dienone is 14. The molecule has 2 atom stereocenters. The fraction of sp³-hybridized carbons (Fsp3) is 0.393. The Bertz CT molecular complexity index is 693. The lowest BCUT2D eigenvalue weighted by Gasteiger charge is -2.19. The van der Waals surface area contributed by atoms with E-state index >= 15 is 0 Å². The molecule has 0 bridgehead atoms. The van der Waals surface area contributed by atoms with Gasteiger partial charge >= 0.3 is 0 Å². The van der Waals surface area contributed by atoms with E-state index in [1.807, 2.05) is 60.8 Å². The summed E-state index contributed by atoms with van der Waals surface area (Å²) in [6.07, 6.45) is 35.1. The fourth-order valence-corrected chi connectivity index (χ4v) is 2.46. The molecule has 0 aliphatic rings. The zero-order valence-corrected chi connectivity index (χ0v) is 19.6. The van der Waals surface area contributed by atoms with Gasteiger partial charge in [0.2, 0.25) is 5.91 Å². The summed E-state index contributed by atoms with van der Waals surface area (Å²) < 4.78 is 0. The summed E-state index contributed by atoms with van der Waals surface area (Å²) in [7, 11) is 0. The summed E-state index contributed by atoms with van der Waals surface area (Å²) in [5.74, 6) is -0.245. The van der Waals surface area contributed by atoms with Crippen LogP contribution in [0.15, 0.2) is 97.2 Å². The molecule has 0 rings (SSSR count). The number of carbonyl (C=O) groups excluding carboxylic acids is 1. The predicted octanol–water partition coefficient (Wildman–Crippen LogP) is 5.65. The quantitative estimate of drug-likeness (QED) is 0.156. The molecule has 1 amide bonds. The molecule has 0 radical (unpaired) electrons. The monoisotopic (exact) mass is 439 g/mol. The van der Waals surface area contributed by atoms with Crippen LogP contribution in [0.5, 0.6) is 0 Å². The van der Waals surface area contributed by atoms with E-state index in [0.717, 1.165) is 32.1 Å². The van der Waals surface area contributed by atoms with Crippen LogP contribution >= 0.6 is 0 Å². The maximum absolute atomic E-state index is 12.0. The van der Waals surface area contributed by atoms with E-state index in [0.29, 0.717) is 0 Å². The molecule has 0 unspecified atom stereocenters. The average Bonchev–Trinajstić information content (AvgIpc) is 2.79. The van der Waals surface area contributed by atoms with Gasteiger partial charge in [-0.25, -0.2) is 0 Å². The summed E-state index contributed by atoms with van der Waals surface area (Å²) in [4.78, 5) is 12.0. The number of hydrogen-bond acceptors (Lipinski definition) is 3. The molecule has 0 spiro atoms. The molecule has 0 fully saturated rings. The van der Waals surface area contributed by atoms with Crippen molar-refractivity contribution in [1.29, 1.82) is 0 Å². The van der Waals surface area contributed by atoms with E-state index in [9.17, 15) is 15.0 Å². The Labute approximate surface area is 194 Å². The van der Waals surface area contributed by atoms with E-state index in [1.54, 1.807) is 18.2 Å². The Kier molecular flexibility index (Phi) is 21.1. The van der Waals surface area contributed by atoms with Gasteiger partial charge in [-0.1, -0.05) is 117 Å². The molecule has 0 aromatic carbocycles. The topological polar surface area (TPSA) is 69.6 Å². The molecule has 4 nitrogen and oxygen atoms in total. The first-order chi connectivity index (χ1) is 15.7. The van der Waals surface area contributed by atoms with Crippen LogP contribution in [0.2, 0.25) is 0 Å². The first-order valence-corrected chi connectivity index (χ1v) is 11.5. The number of rotatable bonds is 17. The van der Waals surface area contributed by atoms with Gasteiger partial charge in [-0.15, -0.1) is 0 Å². The zero-order chi connectivity index (χ0) is 23.7. The third-order valence-electron chi connectivity index (χ3n) is 4.22. The van der Waals surface area contributed by atoms with Crippen LogP contribution in [-0.2, 0) is 4.79 Å². The molecule has 4 heteroatoms. The highest BCUT2D eigenvalue weighted by Crippen LogP contribution is 2.01. The van der Waals surface area contributed by atoms with Crippen molar-refractivity contribution in [2.24, 2.45) is 0 Å². The standard InChI is InChI=1S/C28H41NO3/c1-3-5-7-9-11-12-13-14-15-16-17-18-20-22-24-28(32)29-26(25-30)27(31)23-21-19-10-8-6-4-2/h6-9,11-18,20-23,26-27,30-31H,3-5,10,19,24-25H2,1-2H3,(H,29,32)/b8-6+,9-7?,12-11?,14-13?,16-15?,18-17?,22-20?,23-21+/t26-,27+/m0/s1. The Morgan fingerprint density at radius 3 is 1.88 bits per heavy atom. The van der Waals surface area contributed by atoms with Gasteiger partial charge in [0, 0.05) is 6.42 Å². The normalized spacial score (nSPS) is 15.2. The van der Waals surface area contributed by atoms with Gasteiger partial charge in [0.1, 0.15) is 0 Å². The van der Waals surface area contributed by atoms with Gasteiger partial charge < -0.3 is 15.5 Å². The van der Waals surface area contributed by atoms with Crippen molar-refractivity contribution in [1.82, 2.24) is 5.32 Å². The number of aliphatic hydroxyl groups is 2. The van der Waals surface area contributed by atoms with Crippen LogP contribution in [-0.4, -0.2) is 34.9 Å². The van der Waals surface area contributed by atoms with Crippen LogP contribution in [0.1, 0.15) is 52.4 Å². The first kappa shape index (κ1) is 29.3. The van der Waals surface area contributed by atoms with Gasteiger partial charge in [0.15, 0.2) is 0 Å². The molecule has 176 valence electrons. The summed E-state index contributed by atoms with van der Waals surface area (Å²) in [5.41, 5.74) is 0. The van der Waals surface area contributed by atoms with Gasteiger partial charge in [-0.05, 0) is 25.7 Å². The SMILES string of the molecule is CC/C=C/CC/C=C/[C@@H](O)[C@H](CO)NC(=O)CC=CC=CC=CC=CC=CC=CCCC. The number of nitrogens with one attached hydrogen (secondary N) is 1. The largest absolute Gasteiger partial charge is 0.394 e. The Morgan fingerprint density at radius 2 is 1.31 bits per heavy atom. The molecule has 0 aliphatic heterocycles. The minimum atomic E-state index is -0.914. The highest BCUT2D eigenvalue weighted by atomic mass is 16.3. The van der Waals surface area contributed by atoms with Crippen molar-refractivity contribution >= 4 is 5.91 Å². The Hall–Kier alpha value is -2.69. The molecule has 0 aromatic heterocycles. The lowest BCUT2D eigenvalue weighted by atomic mass is 10.1. The summed E-state index contributed by atoms with van der Waals surface area (Å²) in [6, 6.07) is -0.709. The Balaban J connectivity index is 4.17. The average molecular weight is 440 g/mol. The van der Waals surface area contributed by atoms with Crippen molar-refractivity contribution < 1.29 is 15.0 Å². The minimum absolute atomic E-state index is 0.180. The Morgan fingerprint density at radius 1 is 0.750 bits per heavy atom. The zero-order valence-electron chi connectivity index (χ0n) is 19.6. The molecular weight excluding hydrogens is 398 g/mol. The third-order valence-corrected chi connectivity index (χ3v) is 4.22. The highest BCUT2D eigenvalue weighted by molar-refractivity contribution is 5.77. The maximum atomic E-state index is 12.0. The smallest absolute Gasteiger partial charge is 0.224 e. The molecule has 0 heterocycles. The van der Waals surface area contributed by atoms with Gasteiger partial charge in [-0.3, -0.25) is 4.79 Å². The molecule has 0 aromatic rings. The predicted molar refractivity (Wildman–Crippen MR) is 137 cm³/mol. The molecule has 3 N–H and O–H groups in total. The third kappa shape index (κ3) is 19.3. The summed E-state index contributed by atoms with van der Waals surface area (Å²) in [6.45, 7) is 3.92. The number of aliphatic hydroxyl groups excluding tert-OH is 2.